The highest BCUT2D eigenvalue weighted by atomic mass is 16.7. The minimum absolute atomic E-state index is 0.0231. The summed E-state index contributed by atoms with van der Waals surface area (Å²) in [4.78, 5) is 31.3. The predicted octanol–water partition coefficient (Wildman–Crippen LogP) is 1.17. The Morgan fingerprint density at radius 3 is 2.13 bits per heavy atom. The standard InChI is InChI=1S/C8H6O4.C7H10O4/c9-7(10)5-3-1-2-4-6(5)8(11)12;1-2-7(8)11-5-9-3-6-4-10-6/h1-4H,(H,9,10)(H,11,12);2,6H,1,3-5H2. The number of epoxide rings is 1. The largest absolute Gasteiger partial charge is 0.478 e. The molecular formula is C15H16O8. The highest BCUT2D eigenvalue weighted by Gasteiger charge is 2.22. The number of carboxylic acid groups (broad SMARTS) is 2. The van der Waals surface area contributed by atoms with E-state index >= 15 is 0 Å². The maximum absolute atomic E-state index is 10.5. The van der Waals surface area contributed by atoms with Gasteiger partial charge in [-0.15, -0.1) is 0 Å². The second-order valence-electron chi connectivity index (χ2n) is 4.27. The molecule has 1 aromatic rings. The zero-order valence-electron chi connectivity index (χ0n) is 12.1. The lowest BCUT2D eigenvalue weighted by Crippen LogP contribution is -2.08. The molecule has 8 nitrogen and oxygen atoms in total. The summed E-state index contributed by atoms with van der Waals surface area (Å²) in [6.07, 6.45) is 1.30. The van der Waals surface area contributed by atoms with E-state index in [0.29, 0.717) is 6.61 Å². The summed E-state index contributed by atoms with van der Waals surface area (Å²) in [5, 5.41) is 17.1. The lowest BCUT2D eigenvalue weighted by molar-refractivity contribution is -0.150. The maximum Gasteiger partial charge on any atom is 0.336 e. The summed E-state index contributed by atoms with van der Waals surface area (Å²) < 4.78 is 14.3. The molecule has 1 fully saturated rings. The van der Waals surface area contributed by atoms with Crippen LogP contribution in [0.1, 0.15) is 20.7 Å². The van der Waals surface area contributed by atoms with Crippen molar-refractivity contribution in [2.75, 3.05) is 20.0 Å². The van der Waals surface area contributed by atoms with E-state index in [0.717, 1.165) is 12.7 Å². The van der Waals surface area contributed by atoms with Crippen LogP contribution in [-0.4, -0.2) is 54.2 Å². The van der Waals surface area contributed by atoms with Gasteiger partial charge in [0, 0.05) is 6.08 Å². The van der Waals surface area contributed by atoms with E-state index in [1.807, 2.05) is 0 Å². The molecule has 0 aromatic heterocycles. The summed E-state index contributed by atoms with van der Waals surface area (Å²) in [5.74, 6) is -2.93. The van der Waals surface area contributed by atoms with E-state index in [2.05, 4.69) is 11.3 Å². The van der Waals surface area contributed by atoms with Gasteiger partial charge in [-0.25, -0.2) is 14.4 Å². The quantitative estimate of drug-likeness (QED) is 0.252. The molecule has 23 heavy (non-hydrogen) atoms. The smallest absolute Gasteiger partial charge is 0.336 e. The van der Waals surface area contributed by atoms with Gasteiger partial charge in [0.15, 0.2) is 6.79 Å². The fraction of sp³-hybridized carbons (Fsp3) is 0.267. The van der Waals surface area contributed by atoms with Gasteiger partial charge in [0.25, 0.3) is 0 Å². The van der Waals surface area contributed by atoms with E-state index in [-0.39, 0.29) is 24.0 Å². The Kier molecular flexibility index (Phi) is 7.44. The first-order valence-corrected chi connectivity index (χ1v) is 6.49. The van der Waals surface area contributed by atoms with E-state index < -0.39 is 17.9 Å². The Labute approximate surface area is 131 Å². The van der Waals surface area contributed by atoms with Crippen LogP contribution in [0.3, 0.4) is 0 Å². The third kappa shape index (κ3) is 7.21. The van der Waals surface area contributed by atoms with Gasteiger partial charge in [0.1, 0.15) is 6.10 Å². The molecule has 0 saturated carbocycles. The molecule has 1 saturated heterocycles. The molecule has 1 aliphatic heterocycles. The highest BCUT2D eigenvalue weighted by Crippen LogP contribution is 2.08. The Hall–Kier alpha value is -2.71. The second-order valence-corrected chi connectivity index (χ2v) is 4.27. The van der Waals surface area contributed by atoms with Crippen molar-refractivity contribution in [3.8, 4) is 0 Å². The predicted molar refractivity (Wildman–Crippen MR) is 77.2 cm³/mol. The molecule has 1 aliphatic rings. The SMILES string of the molecule is C=CC(=O)OCOCC1CO1.O=C(O)c1ccccc1C(=O)O. The van der Waals surface area contributed by atoms with Crippen molar-refractivity contribution in [3.63, 3.8) is 0 Å². The van der Waals surface area contributed by atoms with Gasteiger partial charge < -0.3 is 24.4 Å². The normalized spacial score (nSPS) is 14.9. The maximum atomic E-state index is 10.5. The van der Waals surface area contributed by atoms with E-state index in [4.69, 9.17) is 19.7 Å². The van der Waals surface area contributed by atoms with E-state index in [9.17, 15) is 14.4 Å². The summed E-state index contributed by atoms with van der Waals surface area (Å²) in [7, 11) is 0. The molecule has 0 bridgehead atoms. The third-order valence-electron chi connectivity index (χ3n) is 2.55. The summed E-state index contributed by atoms with van der Waals surface area (Å²) >= 11 is 0. The van der Waals surface area contributed by atoms with Gasteiger partial charge in [-0.1, -0.05) is 18.7 Å². The number of carbonyl (C=O) groups is 3. The van der Waals surface area contributed by atoms with Crippen LogP contribution < -0.4 is 0 Å². The molecule has 0 spiro atoms. The minimum Gasteiger partial charge on any atom is -0.478 e. The van der Waals surface area contributed by atoms with Crippen molar-refractivity contribution in [2.45, 2.75) is 6.10 Å². The number of carbonyl (C=O) groups excluding carboxylic acids is 1. The first-order chi connectivity index (χ1) is 11.0. The van der Waals surface area contributed by atoms with Crippen LogP contribution in [0.5, 0.6) is 0 Å². The molecule has 0 aliphatic carbocycles. The van der Waals surface area contributed by atoms with Crippen molar-refractivity contribution in [3.05, 3.63) is 48.0 Å². The van der Waals surface area contributed by atoms with E-state index in [1.54, 1.807) is 0 Å². The monoisotopic (exact) mass is 324 g/mol. The molecule has 1 aromatic carbocycles. The van der Waals surface area contributed by atoms with Crippen LogP contribution in [-0.2, 0) is 19.0 Å². The molecule has 2 rings (SSSR count). The fourth-order valence-electron chi connectivity index (χ4n) is 1.36. The highest BCUT2D eigenvalue weighted by molar-refractivity contribution is 6.01. The van der Waals surface area contributed by atoms with E-state index in [1.165, 1.54) is 24.3 Å². The van der Waals surface area contributed by atoms with Crippen molar-refractivity contribution in [1.29, 1.82) is 0 Å². The number of rotatable bonds is 7. The van der Waals surface area contributed by atoms with Crippen LogP contribution in [0.25, 0.3) is 0 Å². The molecule has 0 amide bonds. The van der Waals surface area contributed by atoms with Gasteiger partial charge in [-0.3, -0.25) is 0 Å². The Morgan fingerprint density at radius 1 is 1.22 bits per heavy atom. The van der Waals surface area contributed by atoms with Crippen LogP contribution in [0.4, 0.5) is 0 Å². The molecule has 1 heterocycles. The number of hydrogen-bond donors (Lipinski definition) is 2. The topological polar surface area (TPSA) is 123 Å². The lowest BCUT2D eigenvalue weighted by Gasteiger charge is -2.00. The zero-order valence-corrected chi connectivity index (χ0v) is 12.1. The van der Waals surface area contributed by atoms with Crippen molar-refractivity contribution in [1.82, 2.24) is 0 Å². The second kappa shape index (κ2) is 9.34. The minimum atomic E-state index is -1.23. The van der Waals surface area contributed by atoms with Gasteiger partial charge in [0.05, 0.1) is 24.3 Å². The number of ether oxygens (including phenoxy) is 3. The first kappa shape index (κ1) is 18.3. The summed E-state index contributed by atoms with van der Waals surface area (Å²) in [5.41, 5.74) is -0.380. The van der Waals surface area contributed by atoms with Crippen LogP contribution in [0, 0.1) is 0 Å². The molecule has 1 unspecified atom stereocenters. The van der Waals surface area contributed by atoms with Gasteiger partial charge >= 0.3 is 17.9 Å². The van der Waals surface area contributed by atoms with Crippen LogP contribution in [0.15, 0.2) is 36.9 Å². The molecule has 8 heteroatoms. The average Bonchev–Trinajstić information content (AvgIpc) is 3.36. The van der Waals surface area contributed by atoms with Crippen LogP contribution in [0.2, 0.25) is 0 Å². The Balaban J connectivity index is 0.000000231. The zero-order chi connectivity index (χ0) is 17.2. The lowest BCUT2D eigenvalue weighted by atomic mass is 10.1. The molecule has 124 valence electrons. The fourth-order valence-corrected chi connectivity index (χ4v) is 1.36. The summed E-state index contributed by atoms with van der Waals surface area (Å²) in [6, 6.07) is 5.48. The molecule has 2 N–H and O–H groups in total. The van der Waals surface area contributed by atoms with Crippen LogP contribution >= 0.6 is 0 Å². The molecule has 0 radical (unpaired) electrons. The van der Waals surface area contributed by atoms with Gasteiger partial charge in [0.2, 0.25) is 0 Å². The number of hydrogen-bond acceptors (Lipinski definition) is 6. The van der Waals surface area contributed by atoms with Gasteiger partial charge in [-0.05, 0) is 12.1 Å². The molecular weight excluding hydrogens is 308 g/mol. The third-order valence-corrected chi connectivity index (χ3v) is 2.55. The van der Waals surface area contributed by atoms with Gasteiger partial charge in [-0.2, -0.15) is 0 Å². The number of aromatic carboxylic acids is 2. The summed E-state index contributed by atoms with van der Waals surface area (Å²) in [6.45, 7) is 4.44. The number of esters is 1. The number of benzene rings is 1. The van der Waals surface area contributed by atoms with Crippen molar-refractivity contribution < 1.29 is 38.8 Å². The van der Waals surface area contributed by atoms with Crippen molar-refractivity contribution in [2.24, 2.45) is 0 Å². The average molecular weight is 324 g/mol. The molecule has 1 atom stereocenters. The van der Waals surface area contributed by atoms with Crippen molar-refractivity contribution >= 4 is 17.9 Å². The Bertz CT molecular complexity index is 544. The Morgan fingerprint density at radius 2 is 1.74 bits per heavy atom. The number of carboxylic acids is 2. The first-order valence-electron chi connectivity index (χ1n) is 6.49.